The van der Waals surface area contributed by atoms with Crippen LogP contribution in [0.25, 0.3) is 11.0 Å². The minimum absolute atomic E-state index is 0.0145. The molecule has 5 nitrogen and oxygen atoms in total. The second kappa shape index (κ2) is 6.16. The van der Waals surface area contributed by atoms with Crippen LogP contribution in [-0.4, -0.2) is 29.6 Å². The zero-order valence-corrected chi connectivity index (χ0v) is 12.3. The van der Waals surface area contributed by atoms with Crippen LogP contribution in [0.15, 0.2) is 24.3 Å². The quantitative estimate of drug-likeness (QED) is 0.848. The number of fused-ring (bicyclic) bond motifs is 1. The molecule has 1 saturated carbocycles. The Morgan fingerprint density at radius 2 is 2.19 bits per heavy atom. The van der Waals surface area contributed by atoms with Gasteiger partial charge in [-0.1, -0.05) is 25.0 Å². The molecule has 112 valence electrons. The molecule has 1 aliphatic carbocycles. The normalized spacial score (nSPS) is 22.1. The number of aromatic amines is 1. The van der Waals surface area contributed by atoms with Crippen LogP contribution >= 0.6 is 0 Å². The molecule has 2 atom stereocenters. The van der Waals surface area contributed by atoms with Gasteiger partial charge in [-0.3, -0.25) is 4.79 Å². The third-order valence-electron chi connectivity index (χ3n) is 4.33. The maximum Gasteiger partial charge on any atom is 0.309 e. The average Bonchev–Trinajstić information content (AvgIpc) is 2.95. The molecule has 1 aliphatic rings. The van der Waals surface area contributed by atoms with Crippen LogP contribution in [0.1, 0.15) is 25.7 Å². The van der Waals surface area contributed by atoms with E-state index in [2.05, 4.69) is 15.3 Å². The molecule has 0 spiro atoms. The van der Waals surface area contributed by atoms with Gasteiger partial charge in [0.2, 0.25) is 5.95 Å². The number of imidazole rings is 1. The van der Waals surface area contributed by atoms with Crippen LogP contribution in [0.3, 0.4) is 0 Å². The fourth-order valence-electron chi connectivity index (χ4n) is 3.18. The third-order valence-corrected chi connectivity index (χ3v) is 4.33. The summed E-state index contributed by atoms with van der Waals surface area (Å²) in [7, 11) is 1.47. The number of carbonyl (C=O) groups is 1. The maximum atomic E-state index is 11.9. The van der Waals surface area contributed by atoms with Crippen LogP contribution in [0.2, 0.25) is 0 Å². The van der Waals surface area contributed by atoms with E-state index in [1.165, 1.54) is 13.5 Å². The predicted octanol–water partition coefficient (Wildman–Crippen LogP) is 2.95. The number of hydrogen-bond donors (Lipinski definition) is 2. The van der Waals surface area contributed by atoms with Crippen molar-refractivity contribution in [3.63, 3.8) is 0 Å². The minimum Gasteiger partial charge on any atom is -0.469 e. The molecule has 1 fully saturated rings. The van der Waals surface area contributed by atoms with Gasteiger partial charge in [0.05, 0.1) is 24.1 Å². The number of hydrogen-bond acceptors (Lipinski definition) is 4. The highest BCUT2D eigenvalue weighted by atomic mass is 16.5. The molecule has 2 aromatic rings. The summed E-state index contributed by atoms with van der Waals surface area (Å²) in [6.07, 6.45) is 4.28. The molecule has 0 aliphatic heterocycles. The van der Waals surface area contributed by atoms with Gasteiger partial charge in [-0.15, -0.1) is 0 Å². The minimum atomic E-state index is -0.0777. The standard InChI is InChI=1S/C16H21N3O2/c1-21-15(20)12-7-3-2-6-11(12)10-17-16-18-13-8-4-5-9-14(13)19-16/h4-5,8-9,11-12H,2-3,6-7,10H2,1H3,(H2,17,18,19). The molecular weight excluding hydrogens is 266 g/mol. The van der Waals surface area contributed by atoms with E-state index in [4.69, 9.17) is 4.74 Å². The Balaban J connectivity index is 1.66. The Bertz CT molecular complexity index is 590. The Hall–Kier alpha value is -2.04. The van der Waals surface area contributed by atoms with Gasteiger partial charge in [-0.05, 0) is 30.9 Å². The zero-order chi connectivity index (χ0) is 14.7. The topological polar surface area (TPSA) is 67.0 Å². The van der Waals surface area contributed by atoms with Gasteiger partial charge in [0.25, 0.3) is 0 Å². The number of methoxy groups -OCH3 is 1. The molecule has 0 radical (unpaired) electrons. The summed E-state index contributed by atoms with van der Waals surface area (Å²) in [6, 6.07) is 7.94. The Morgan fingerprint density at radius 3 is 3.00 bits per heavy atom. The van der Waals surface area contributed by atoms with Crippen molar-refractivity contribution < 1.29 is 9.53 Å². The SMILES string of the molecule is COC(=O)C1CCCCC1CNc1nc2ccccc2[nH]1. The van der Waals surface area contributed by atoms with Gasteiger partial charge < -0.3 is 15.0 Å². The molecule has 5 heteroatoms. The molecular formula is C16H21N3O2. The van der Waals surface area contributed by atoms with Crippen molar-refractivity contribution >= 4 is 23.0 Å². The highest BCUT2D eigenvalue weighted by Gasteiger charge is 2.31. The van der Waals surface area contributed by atoms with E-state index >= 15 is 0 Å². The second-order valence-electron chi connectivity index (χ2n) is 5.66. The van der Waals surface area contributed by atoms with Crippen molar-refractivity contribution in [2.24, 2.45) is 11.8 Å². The lowest BCUT2D eigenvalue weighted by Gasteiger charge is -2.29. The fourth-order valence-corrected chi connectivity index (χ4v) is 3.18. The van der Waals surface area contributed by atoms with Crippen molar-refractivity contribution in [1.82, 2.24) is 9.97 Å². The summed E-state index contributed by atoms with van der Waals surface area (Å²) >= 11 is 0. The van der Waals surface area contributed by atoms with Gasteiger partial charge in [-0.2, -0.15) is 0 Å². The van der Waals surface area contributed by atoms with E-state index in [-0.39, 0.29) is 11.9 Å². The summed E-state index contributed by atoms with van der Waals surface area (Å²) < 4.78 is 4.93. The highest BCUT2D eigenvalue weighted by molar-refractivity contribution is 5.77. The van der Waals surface area contributed by atoms with Crippen molar-refractivity contribution in [3.05, 3.63) is 24.3 Å². The first-order valence-electron chi connectivity index (χ1n) is 7.54. The van der Waals surface area contributed by atoms with Crippen molar-refractivity contribution in [3.8, 4) is 0 Å². The van der Waals surface area contributed by atoms with Gasteiger partial charge in [0.1, 0.15) is 0 Å². The van der Waals surface area contributed by atoms with Crippen molar-refractivity contribution in [2.45, 2.75) is 25.7 Å². The lowest BCUT2D eigenvalue weighted by molar-refractivity contribution is -0.148. The van der Waals surface area contributed by atoms with Crippen molar-refractivity contribution in [1.29, 1.82) is 0 Å². The van der Waals surface area contributed by atoms with Gasteiger partial charge in [0, 0.05) is 6.54 Å². The molecule has 1 aromatic heterocycles. The molecule has 1 heterocycles. The number of nitrogens with one attached hydrogen (secondary N) is 2. The van der Waals surface area contributed by atoms with E-state index in [1.54, 1.807) is 0 Å². The van der Waals surface area contributed by atoms with E-state index in [9.17, 15) is 4.79 Å². The Morgan fingerprint density at radius 1 is 1.38 bits per heavy atom. The number of H-pyrrole nitrogens is 1. The van der Waals surface area contributed by atoms with Crippen LogP contribution < -0.4 is 5.32 Å². The molecule has 1 aromatic carbocycles. The fraction of sp³-hybridized carbons (Fsp3) is 0.500. The number of benzene rings is 1. The molecule has 2 N–H and O–H groups in total. The molecule has 0 saturated heterocycles. The third kappa shape index (κ3) is 3.01. The van der Waals surface area contributed by atoms with Crippen molar-refractivity contribution in [2.75, 3.05) is 19.0 Å². The number of carbonyl (C=O) groups excluding carboxylic acids is 1. The van der Waals surface area contributed by atoms with Crippen LogP contribution in [0, 0.1) is 11.8 Å². The Kier molecular flexibility index (Phi) is 4.08. The zero-order valence-electron chi connectivity index (χ0n) is 12.3. The summed E-state index contributed by atoms with van der Waals surface area (Å²) in [5.74, 6) is 1.02. The molecule has 2 unspecified atom stereocenters. The van der Waals surface area contributed by atoms with Crippen LogP contribution in [0.4, 0.5) is 5.95 Å². The number of ether oxygens (including phenoxy) is 1. The maximum absolute atomic E-state index is 11.9. The lowest BCUT2D eigenvalue weighted by Crippen LogP contribution is -2.32. The highest BCUT2D eigenvalue weighted by Crippen LogP contribution is 2.31. The summed E-state index contributed by atoms with van der Waals surface area (Å²) in [6.45, 7) is 0.750. The number of aromatic nitrogens is 2. The summed E-state index contributed by atoms with van der Waals surface area (Å²) in [4.78, 5) is 19.6. The average molecular weight is 287 g/mol. The van der Waals surface area contributed by atoms with Crippen LogP contribution in [0.5, 0.6) is 0 Å². The molecule has 21 heavy (non-hydrogen) atoms. The van der Waals surface area contributed by atoms with E-state index in [0.717, 1.165) is 42.8 Å². The predicted molar refractivity (Wildman–Crippen MR) is 82.0 cm³/mol. The molecule has 0 amide bonds. The largest absolute Gasteiger partial charge is 0.469 e. The smallest absolute Gasteiger partial charge is 0.309 e. The summed E-state index contributed by atoms with van der Waals surface area (Å²) in [5, 5.41) is 3.34. The number of anilines is 1. The molecule has 0 bridgehead atoms. The first-order valence-corrected chi connectivity index (χ1v) is 7.54. The summed E-state index contributed by atoms with van der Waals surface area (Å²) in [5.41, 5.74) is 1.97. The first-order chi connectivity index (χ1) is 10.3. The number of rotatable bonds is 4. The first kappa shape index (κ1) is 13.9. The lowest BCUT2D eigenvalue weighted by atomic mass is 9.79. The number of esters is 1. The second-order valence-corrected chi connectivity index (χ2v) is 5.66. The van der Waals surface area contributed by atoms with Gasteiger partial charge in [0.15, 0.2) is 0 Å². The molecule has 3 rings (SSSR count). The van der Waals surface area contributed by atoms with E-state index in [1.807, 2.05) is 24.3 Å². The Labute approximate surface area is 124 Å². The van der Waals surface area contributed by atoms with E-state index < -0.39 is 0 Å². The van der Waals surface area contributed by atoms with Crippen LogP contribution in [-0.2, 0) is 9.53 Å². The van der Waals surface area contributed by atoms with Gasteiger partial charge in [-0.25, -0.2) is 4.98 Å². The van der Waals surface area contributed by atoms with Gasteiger partial charge >= 0.3 is 5.97 Å². The number of nitrogens with zero attached hydrogens (tertiary/aromatic N) is 1. The number of para-hydroxylation sites is 2. The van der Waals surface area contributed by atoms with E-state index in [0.29, 0.717) is 5.92 Å². The monoisotopic (exact) mass is 287 g/mol.